The van der Waals surface area contributed by atoms with Gasteiger partial charge in [0.05, 0.1) is 6.54 Å². The number of hydrogen-bond acceptors (Lipinski definition) is 6. The Hall–Kier alpha value is -2.91. The van der Waals surface area contributed by atoms with Crippen LogP contribution in [0, 0.1) is 0 Å². The van der Waals surface area contributed by atoms with Gasteiger partial charge in [0.25, 0.3) is 5.56 Å². The van der Waals surface area contributed by atoms with Crippen molar-refractivity contribution in [3.8, 4) is 5.75 Å². The molecule has 0 saturated heterocycles. The Labute approximate surface area is 199 Å². The van der Waals surface area contributed by atoms with E-state index in [9.17, 15) is 19.8 Å². The molecule has 0 aliphatic heterocycles. The summed E-state index contributed by atoms with van der Waals surface area (Å²) in [6.45, 7) is 8.41. The van der Waals surface area contributed by atoms with Crippen LogP contribution in [0.2, 0.25) is 0 Å². The molecule has 0 radical (unpaired) electrons. The van der Waals surface area contributed by atoms with Crippen molar-refractivity contribution >= 4 is 11.2 Å². The lowest BCUT2D eigenvalue weighted by atomic mass is 10.0. The number of benzene rings is 1. The predicted molar refractivity (Wildman–Crippen MR) is 131 cm³/mol. The first-order valence-corrected chi connectivity index (χ1v) is 12.1. The van der Waals surface area contributed by atoms with Crippen LogP contribution < -0.4 is 16.0 Å². The smallest absolute Gasteiger partial charge is 0.332 e. The molecule has 3 rings (SSSR count). The van der Waals surface area contributed by atoms with Crippen LogP contribution in [0.5, 0.6) is 5.75 Å². The van der Waals surface area contributed by atoms with Crippen molar-refractivity contribution in [2.24, 2.45) is 0 Å². The molecule has 2 aromatic heterocycles. The highest BCUT2D eigenvalue weighted by atomic mass is 16.5. The lowest BCUT2D eigenvalue weighted by molar-refractivity contribution is 0.0895. The molecule has 9 nitrogen and oxygen atoms in total. The minimum Gasteiger partial charge on any atom is -0.491 e. The molecule has 1 aromatic carbocycles. The fraction of sp³-hybridized carbons (Fsp3) is 0.560. The highest BCUT2D eigenvalue weighted by Gasteiger charge is 2.22. The van der Waals surface area contributed by atoms with Gasteiger partial charge in [-0.2, -0.15) is 0 Å². The van der Waals surface area contributed by atoms with E-state index in [0.717, 1.165) is 29.4 Å². The van der Waals surface area contributed by atoms with Crippen molar-refractivity contribution in [3.63, 3.8) is 0 Å². The van der Waals surface area contributed by atoms with Crippen LogP contribution in [0.1, 0.15) is 64.3 Å². The van der Waals surface area contributed by atoms with E-state index in [4.69, 9.17) is 4.74 Å². The molecular weight excluding hydrogens is 436 g/mol. The number of ether oxygens (including phenoxy) is 1. The van der Waals surface area contributed by atoms with Gasteiger partial charge in [-0.1, -0.05) is 52.3 Å². The van der Waals surface area contributed by atoms with Crippen LogP contribution in [-0.4, -0.2) is 41.6 Å². The molecule has 34 heavy (non-hydrogen) atoms. The van der Waals surface area contributed by atoms with Gasteiger partial charge in [-0.15, -0.1) is 0 Å². The minimum absolute atomic E-state index is 0.0568. The van der Waals surface area contributed by atoms with Gasteiger partial charge < -0.3 is 19.5 Å². The largest absolute Gasteiger partial charge is 0.491 e. The molecule has 2 N–H and O–H groups in total. The molecule has 0 fully saturated rings. The lowest BCUT2D eigenvalue weighted by Gasteiger charge is -2.18. The molecule has 1 atom stereocenters. The van der Waals surface area contributed by atoms with Gasteiger partial charge in [0.2, 0.25) is 0 Å². The fourth-order valence-electron chi connectivity index (χ4n) is 4.14. The zero-order valence-corrected chi connectivity index (χ0v) is 20.5. The second kappa shape index (κ2) is 11.5. The summed E-state index contributed by atoms with van der Waals surface area (Å²) in [5.74, 6) is 1.28. The third kappa shape index (κ3) is 5.26. The maximum Gasteiger partial charge on any atom is 0.332 e. The number of aromatic nitrogens is 4. The second-order valence-electron chi connectivity index (χ2n) is 8.87. The quantitative estimate of drug-likeness (QED) is 0.419. The summed E-state index contributed by atoms with van der Waals surface area (Å²) < 4.78 is 10.1. The highest BCUT2D eigenvalue weighted by Crippen LogP contribution is 2.26. The van der Waals surface area contributed by atoms with E-state index in [1.807, 2.05) is 38.1 Å². The average Bonchev–Trinajstić information content (AvgIpc) is 3.19. The van der Waals surface area contributed by atoms with Crippen molar-refractivity contribution in [3.05, 3.63) is 56.5 Å². The highest BCUT2D eigenvalue weighted by molar-refractivity contribution is 5.71. The summed E-state index contributed by atoms with van der Waals surface area (Å²) in [4.78, 5) is 31.1. The average molecular weight is 473 g/mol. The van der Waals surface area contributed by atoms with Crippen molar-refractivity contribution in [1.29, 1.82) is 0 Å². The van der Waals surface area contributed by atoms with E-state index in [0.29, 0.717) is 24.7 Å². The Balaban J connectivity index is 1.99. The van der Waals surface area contributed by atoms with E-state index in [-0.39, 0.29) is 36.8 Å². The first-order valence-electron chi connectivity index (χ1n) is 12.1. The predicted octanol–water partition coefficient (Wildman–Crippen LogP) is 2.63. The molecule has 3 aromatic rings. The molecule has 2 heterocycles. The van der Waals surface area contributed by atoms with Gasteiger partial charge in [-0.25, -0.2) is 9.78 Å². The maximum atomic E-state index is 13.4. The van der Waals surface area contributed by atoms with Crippen molar-refractivity contribution in [2.75, 3.05) is 6.61 Å². The van der Waals surface area contributed by atoms with Crippen LogP contribution in [0.4, 0.5) is 0 Å². The number of nitrogens with zero attached hydrogens (tertiary/aromatic N) is 4. The minimum atomic E-state index is -1.07. The normalized spacial score (nSPS) is 12.6. The van der Waals surface area contributed by atoms with E-state index in [2.05, 4.69) is 18.8 Å². The Morgan fingerprint density at radius 2 is 1.76 bits per heavy atom. The molecule has 0 aliphatic rings. The zero-order chi connectivity index (χ0) is 24.8. The van der Waals surface area contributed by atoms with Gasteiger partial charge in [-0.3, -0.25) is 13.9 Å². The van der Waals surface area contributed by atoms with Crippen LogP contribution in [0.25, 0.3) is 11.2 Å². The summed E-state index contributed by atoms with van der Waals surface area (Å²) in [5, 5.41) is 20.5. The first-order chi connectivity index (χ1) is 16.3. The molecule has 9 heteroatoms. The summed E-state index contributed by atoms with van der Waals surface area (Å²) >= 11 is 0. The summed E-state index contributed by atoms with van der Waals surface area (Å²) in [6, 6.07) is 7.63. The van der Waals surface area contributed by atoms with Gasteiger partial charge >= 0.3 is 5.69 Å². The molecular formula is C25H36N4O5. The van der Waals surface area contributed by atoms with Gasteiger partial charge in [0, 0.05) is 13.1 Å². The van der Waals surface area contributed by atoms with Crippen molar-refractivity contribution in [1.82, 2.24) is 18.7 Å². The summed E-state index contributed by atoms with van der Waals surface area (Å²) in [7, 11) is 0. The lowest BCUT2D eigenvalue weighted by Crippen LogP contribution is -2.44. The van der Waals surface area contributed by atoms with E-state index in [1.54, 1.807) is 4.57 Å². The number of aliphatic hydroxyl groups excluding tert-OH is 2. The summed E-state index contributed by atoms with van der Waals surface area (Å²) in [5.41, 5.74) is 0.553. The molecule has 0 amide bonds. The number of para-hydroxylation sites is 1. The SMILES string of the molecule is CCCCn1c(=O)n(CC(O)COc2ccccc2C(C)C)c(=O)c2c1nc(CO)n2CCC. The second-order valence-corrected chi connectivity index (χ2v) is 8.87. The number of fused-ring (bicyclic) bond motifs is 1. The Morgan fingerprint density at radius 3 is 2.41 bits per heavy atom. The molecule has 1 unspecified atom stereocenters. The number of aryl methyl sites for hydroxylation is 2. The van der Waals surface area contributed by atoms with Gasteiger partial charge in [-0.05, 0) is 30.4 Å². The zero-order valence-electron chi connectivity index (χ0n) is 20.5. The molecule has 0 saturated carbocycles. The van der Waals surface area contributed by atoms with Gasteiger partial charge in [0.1, 0.15) is 30.9 Å². The van der Waals surface area contributed by atoms with E-state index in [1.165, 1.54) is 4.57 Å². The fourth-order valence-corrected chi connectivity index (χ4v) is 4.14. The number of imidazole rings is 1. The Bertz CT molecular complexity index is 1220. The molecule has 0 aliphatic carbocycles. The van der Waals surface area contributed by atoms with Crippen molar-refractivity contribution in [2.45, 2.75) is 85.2 Å². The third-order valence-corrected chi connectivity index (χ3v) is 5.88. The van der Waals surface area contributed by atoms with Crippen LogP contribution in [0.15, 0.2) is 33.9 Å². The molecule has 186 valence electrons. The Morgan fingerprint density at radius 1 is 1.03 bits per heavy atom. The topological polar surface area (TPSA) is 112 Å². The third-order valence-electron chi connectivity index (χ3n) is 5.88. The van der Waals surface area contributed by atoms with Crippen LogP contribution in [0.3, 0.4) is 0 Å². The number of aliphatic hydroxyl groups is 2. The number of rotatable bonds is 12. The van der Waals surface area contributed by atoms with Crippen LogP contribution >= 0.6 is 0 Å². The standard InChI is InChI=1S/C25H36N4O5/c1-5-7-13-28-23-22(27(12-6-2)21(15-30)26-23)24(32)29(25(28)33)14-18(31)16-34-20-11-9-8-10-19(20)17(3)4/h8-11,17-18,30-31H,5-7,12-16H2,1-4H3. The van der Waals surface area contributed by atoms with Crippen LogP contribution in [-0.2, 0) is 26.2 Å². The van der Waals surface area contributed by atoms with Crippen molar-refractivity contribution < 1.29 is 14.9 Å². The number of unbranched alkanes of at least 4 members (excludes halogenated alkanes) is 1. The monoisotopic (exact) mass is 472 g/mol. The number of hydrogen-bond donors (Lipinski definition) is 2. The Kier molecular flexibility index (Phi) is 8.68. The van der Waals surface area contributed by atoms with Gasteiger partial charge in [0.15, 0.2) is 11.2 Å². The first kappa shape index (κ1) is 25.7. The maximum absolute atomic E-state index is 13.4. The van der Waals surface area contributed by atoms with E-state index < -0.39 is 17.4 Å². The van der Waals surface area contributed by atoms with E-state index >= 15 is 0 Å². The summed E-state index contributed by atoms with van der Waals surface area (Å²) in [6.07, 6.45) is 1.27. The molecule has 0 bridgehead atoms. The molecule has 0 spiro atoms.